The summed E-state index contributed by atoms with van der Waals surface area (Å²) in [7, 11) is 3.17. The zero-order valence-corrected chi connectivity index (χ0v) is 20.4. The van der Waals surface area contributed by atoms with Gasteiger partial charge in [0.05, 0.1) is 13.1 Å². The zero-order valence-electron chi connectivity index (χ0n) is 19.6. The van der Waals surface area contributed by atoms with Crippen LogP contribution in [0.5, 0.6) is 0 Å². The monoisotopic (exact) mass is 474 g/mol. The number of aliphatic carboxylic acids is 2. The molecule has 0 saturated carbocycles. The molecule has 0 unspecified atom stereocenters. The molecule has 31 heavy (non-hydrogen) atoms. The average molecular weight is 475 g/mol. The van der Waals surface area contributed by atoms with Gasteiger partial charge in [-0.2, -0.15) is 0 Å². The summed E-state index contributed by atoms with van der Waals surface area (Å²) in [5, 5.41) is 16.9. The van der Waals surface area contributed by atoms with E-state index in [4.69, 9.17) is 25.5 Å². The zero-order chi connectivity index (χ0) is 24.7. The minimum Gasteiger partial charge on any atom is -0.480 e. The fourth-order valence-electron chi connectivity index (χ4n) is 1.65. The first-order valence-electron chi connectivity index (χ1n) is 9.04. The Hall–Kier alpha value is -1.99. The first kappa shape index (κ1) is 36.4. The summed E-state index contributed by atoms with van der Waals surface area (Å²) in [5.41, 5.74) is 3.48. The third-order valence-electron chi connectivity index (χ3n) is 2.31. The Morgan fingerprint density at radius 3 is 1.19 bits per heavy atom. The van der Waals surface area contributed by atoms with Gasteiger partial charge < -0.3 is 25.4 Å². The van der Waals surface area contributed by atoms with Gasteiger partial charge in [-0.1, -0.05) is 0 Å². The van der Waals surface area contributed by atoms with Crippen molar-refractivity contribution in [3.8, 4) is 0 Å². The number of hydrazine groups is 1. The Labute approximate surface area is 190 Å². The molecule has 0 bridgehead atoms. The van der Waals surface area contributed by atoms with Crippen molar-refractivity contribution in [1.29, 1.82) is 0 Å². The van der Waals surface area contributed by atoms with E-state index in [0.29, 0.717) is 5.01 Å². The van der Waals surface area contributed by atoms with Gasteiger partial charge >= 0.3 is 23.9 Å². The number of halogens is 1. The molecule has 6 N–H and O–H groups in total. The lowest BCUT2D eigenvalue weighted by molar-refractivity contribution is -0.159. The molecule has 0 aliphatic heterocycles. The van der Waals surface area contributed by atoms with Crippen molar-refractivity contribution in [3.63, 3.8) is 0 Å². The molecule has 0 spiro atoms. The summed E-state index contributed by atoms with van der Waals surface area (Å²) >= 11 is 0. The van der Waals surface area contributed by atoms with E-state index in [1.54, 1.807) is 53.5 Å². The quantitative estimate of drug-likeness (QED) is 0.208. The van der Waals surface area contributed by atoms with E-state index in [1.807, 2.05) is 0 Å². The second-order valence-electron chi connectivity index (χ2n) is 8.04. The Kier molecular flexibility index (Phi) is 20.7. The first-order valence-corrected chi connectivity index (χ1v) is 9.04. The highest BCUT2D eigenvalue weighted by Crippen LogP contribution is 2.08. The molecule has 0 aliphatic carbocycles. The van der Waals surface area contributed by atoms with Gasteiger partial charge in [0.1, 0.15) is 24.3 Å². The molecule has 12 nitrogen and oxygen atoms in total. The van der Waals surface area contributed by atoms with Crippen LogP contribution in [0.4, 0.5) is 0 Å². The van der Waals surface area contributed by atoms with Gasteiger partial charge in [0.25, 0.3) is 0 Å². The van der Waals surface area contributed by atoms with Crippen molar-refractivity contribution < 1.29 is 38.9 Å². The van der Waals surface area contributed by atoms with Crippen LogP contribution in [0.15, 0.2) is 0 Å². The molecule has 0 aromatic heterocycles. The fraction of sp³-hybridized carbons (Fsp3) is 0.778. The van der Waals surface area contributed by atoms with Crippen LogP contribution in [0.1, 0.15) is 41.5 Å². The highest BCUT2D eigenvalue weighted by Gasteiger charge is 2.21. The van der Waals surface area contributed by atoms with E-state index in [9.17, 15) is 19.2 Å². The molecule has 0 heterocycles. The van der Waals surface area contributed by atoms with Crippen LogP contribution in [0.3, 0.4) is 0 Å². The molecule has 0 radical (unpaired) electrons. The minimum absolute atomic E-state index is 0. The number of nitrogens with zero attached hydrogens (tertiary/aromatic N) is 2. The third-order valence-corrected chi connectivity index (χ3v) is 2.31. The number of carboxylic acids is 2. The highest BCUT2D eigenvalue weighted by atomic mass is 35.5. The Morgan fingerprint density at radius 2 is 1.00 bits per heavy atom. The maximum Gasteiger partial charge on any atom is 0.320 e. The van der Waals surface area contributed by atoms with E-state index in [0.717, 1.165) is 0 Å². The predicted molar refractivity (Wildman–Crippen MR) is 118 cm³/mol. The molecule has 13 heteroatoms. The number of esters is 2. The molecule has 0 aromatic carbocycles. The minimum atomic E-state index is -1.15. The van der Waals surface area contributed by atoms with E-state index in [-0.39, 0.29) is 37.4 Å². The molecular formula is C18H39ClN4O8. The summed E-state index contributed by atoms with van der Waals surface area (Å²) in [5.74, 6) is 1.94. The number of hydrogen-bond acceptors (Lipinski definition) is 10. The number of carbonyl (C=O) groups is 4. The molecule has 0 rings (SSSR count). The number of carboxylic acid groups (broad SMARTS) is 2. The van der Waals surface area contributed by atoms with Gasteiger partial charge in [-0.25, -0.2) is 5.01 Å². The lowest BCUT2D eigenvalue weighted by atomic mass is 10.2. The van der Waals surface area contributed by atoms with Gasteiger partial charge in [-0.3, -0.25) is 29.9 Å². The summed E-state index contributed by atoms with van der Waals surface area (Å²) in [6.45, 7) is 10.0. The van der Waals surface area contributed by atoms with E-state index < -0.39 is 36.2 Å². The summed E-state index contributed by atoms with van der Waals surface area (Å²) in [6.07, 6.45) is 0. The van der Waals surface area contributed by atoms with Crippen LogP contribution in [0.2, 0.25) is 0 Å². The van der Waals surface area contributed by atoms with Gasteiger partial charge in [-0.05, 0) is 55.6 Å². The number of rotatable bonds is 8. The smallest absolute Gasteiger partial charge is 0.320 e. The number of carbonyl (C=O) groups excluding carboxylic acids is 2. The maximum absolute atomic E-state index is 11.5. The van der Waals surface area contributed by atoms with Gasteiger partial charge in [0.2, 0.25) is 0 Å². The largest absolute Gasteiger partial charge is 0.480 e. The molecule has 0 aromatic rings. The van der Waals surface area contributed by atoms with E-state index >= 15 is 0 Å². The van der Waals surface area contributed by atoms with Crippen LogP contribution in [0, 0.1) is 0 Å². The van der Waals surface area contributed by atoms with Gasteiger partial charge in [-0.15, -0.1) is 12.4 Å². The van der Waals surface area contributed by atoms with Crippen LogP contribution in [-0.2, 0) is 28.7 Å². The van der Waals surface area contributed by atoms with Crippen molar-refractivity contribution in [2.75, 3.05) is 40.3 Å². The molecule has 0 atom stereocenters. The Morgan fingerprint density at radius 1 is 0.742 bits per heavy atom. The maximum atomic E-state index is 11.5. The second kappa shape index (κ2) is 17.7. The first-order chi connectivity index (χ1) is 13.4. The summed E-state index contributed by atoms with van der Waals surface area (Å²) < 4.78 is 10.3. The molecule has 0 fully saturated rings. The Bertz CT molecular complexity index is 502. The molecule has 0 saturated heterocycles. The van der Waals surface area contributed by atoms with Crippen LogP contribution in [0.25, 0.3) is 0 Å². The molecule has 186 valence electrons. The predicted octanol–water partition coefficient (Wildman–Crippen LogP) is -0.0704. The number of hydrogen-bond donors (Lipinski definition) is 4. The fourth-order valence-corrected chi connectivity index (χ4v) is 1.65. The summed E-state index contributed by atoms with van der Waals surface area (Å²) in [6, 6.07) is 0. The number of likely N-dealkylation sites (N-methyl/N-ethyl adjacent to an activating group) is 1. The Balaban J connectivity index is -0.000000239. The SMILES string of the molecule is CN.CN(CC(=O)OC(C)(C)C)CC(=O)OC(C)(C)C.Cl.NN(CC(=O)O)CC(=O)O. The van der Waals surface area contributed by atoms with Crippen molar-refractivity contribution in [3.05, 3.63) is 0 Å². The van der Waals surface area contributed by atoms with Crippen LogP contribution < -0.4 is 11.6 Å². The topological polar surface area (TPSA) is 186 Å². The van der Waals surface area contributed by atoms with Crippen molar-refractivity contribution in [2.24, 2.45) is 11.6 Å². The lowest BCUT2D eigenvalue weighted by Gasteiger charge is -2.24. The van der Waals surface area contributed by atoms with Crippen LogP contribution in [-0.4, -0.2) is 95.5 Å². The van der Waals surface area contributed by atoms with Crippen molar-refractivity contribution in [2.45, 2.75) is 52.7 Å². The van der Waals surface area contributed by atoms with E-state index in [1.165, 1.54) is 7.05 Å². The number of ether oxygens (including phenoxy) is 2. The second-order valence-corrected chi connectivity index (χ2v) is 8.04. The average Bonchev–Trinajstić information content (AvgIpc) is 2.43. The van der Waals surface area contributed by atoms with E-state index in [2.05, 4.69) is 5.73 Å². The molecule has 0 amide bonds. The highest BCUT2D eigenvalue weighted by molar-refractivity contribution is 5.85. The third kappa shape index (κ3) is 32.9. The molecule has 0 aliphatic rings. The van der Waals surface area contributed by atoms with Gasteiger partial charge in [0.15, 0.2) is 0 Å². The summed E-state index contributed by atoms with van der Waals surface area (Å²) in [4.78, 5) is 44.4. The lowest BCUT2D eigenvalue weighted by Crippen LogP contribution is -2.39. The molecular weight excluding hydrogens is 436 g/mol. The van der Waals surface area contributed by atoms with Crippen molar-refractivity contribution >= 4 is 36.3 Å². The van der Waals surface area contributed by atoms with Crippen LogP contribution >= 0.6 is 12.4 Å². The normalized spacial score (nSPS) is 10.6. The number of nitrogens with two attached hydrogens (primary N) is 2. The van der Waals surface area contributed by atoms with Crippen molar-refractivity contribution in [1.82, 2.24) is 9.91 Å². The van der Waals surface area contributed by atoms with Gasteiger partial charge in [0, 0.05) is 0 Å². The standard InChI is InChI=1S/C13H25NO4.C4H8N2O4.CH5N.ClH/c1-12(2,3)17-10(15)8-14(7)9-11(16)18-13(4,5)6;5-6(1-3(7)8)2-4(9)10;1-2;/h8-9H2,1-7H3;1-2,5H2,(H,7,8)(H,9,10);2H2,1H3;1H.